The Kier molecular flexibility index (Phi) is 5.18. The van der Waals surface area contributed by atoms with Crippen LogP contribution in [-0.4, -0.2) is 55.2 Å². The molecule has 94 valence electrons. The Hall–Kier alpha value is -0.650. The van der Waals surface area contributed by atoms with E-state index in [9.17, 15) is 4.79 Å². The fourth-order valence-electron chi connectivity index (χ4n) is 2.52. The first-order valence-corrected chi connectivity index (χ1v) is 5.87. The number of nitrogens with one attached hydrogen (secondary N) is 1. The monoisotopic (exact) mass is 229 g/mol. The van der Waals surface area contributed by atoms with E-state index in [0.29, 0.717) is 5.92 Å². The smallest absolute Gasteiger partial charge is 0.304 e. The van der Waals surface area contributed by atoms with Gasteiger partial charge in [0, 0.05) is 12.1 Å². The molecule has 0 spiro atoms. The van der Waals surface area contributed by atoms with Crippen molar-refractivity contribution >= 4 is 5.97 Å². The fraction of sp³-hybridized carbons (Fsp3) is 0.909. The van der Waals surface area contributed by atoms with Crippen LogP contribution in [0, 0.1) is 5.92 Å². The number of carboxylic acids is 1. The molecule has 0 saturated carbocycles. The van der Waals surface area contributed by atoms with E-state index in [1.165, 1.54) is 0 Å². The zero-order valence-electron chi connectivity index (χ0n) is 10.1. The van der Waals surface area contributed by atoms with E-state index >= 15 is 0 Å². The Labute approximate surface area is 97.0 Å². The third-order valence-corrected chi connectivity index (χ3v) is 3.48. The van der Waals surface area contributed by atoms with Gasteiger partial charge >= 0.3 is 5.97 Å². The van der Waals surface area contributed by atoms with Crippen molar-refractivity contribution in [2.75, 3.05) is 27.2 Å². The third-order valence-electron chi connectivity index (χ3n) is 3.48. The van der Waals surface area contributed by atoms with Gasteiger partial charge in [-0.25, -0.2) is 0 Å². The van der Waals surface area contributed by atoms with Crippen LogP contribution in [0.4, 0.5) is 0 Å². The van der Waals surface area contributed by atoms with Crippen LogP contribution >= 0.6 is 0 Å². The first kappa shape index (κ1) is 13.4. The molecule has 1 aliphatic rings. The maximum absolute atomic E-state index is 10.6. The number of rotatable bonds is 5. The normalized spacial score (nSPS) is 22.9. The summed E-state index contributed by atoms with van der Waals surface area (Å²) in [5.74, 6) is -0.323. The van der Waals surface area contributed by atoms with Crippen LogP contribution in [0.15, 0.2) is 0 Å². The second-order valence-corrected chi connectivity index (χ2v) is 4.72. The van der Waals surface area contributed by atoms with E-state index in [0.717, 1.165) is 25.9 Å². The zero-order chi connectivity index (χ0) is 12.1. The molecule has 0 aromatic carbocycles. The van der Waals surface area contributed by atoms with Gasteiger partial charge < -0.3 is 21.1 Å². The van der Waals surface area contributed by atoms with E-state index in [1.54, 1.807) is 0 Å². The highest BCUT2D eigenvalue weighted by Gasteiger charge is 2.29. The molecule has 0 aromatic heterocycles. The highest BCUT2D eigenvalue weighted by Crippen LogP contribution is 2.21. The Morgan fingerprint density at radius 2 is 2.12 bits per heavy atom. The number of piperidine rings is 1. The number of aliphatic carboxylic acids is 1. The second kappa shape index (κ2) is 6.18. The lowest BCUT2D eigenvalue weighted by atomic mass is 9.85. The lowest BCUT2D eigenvalue weighted by molar-refractivity contribution is -0.137. The maximum Gasteiger partial charge on any atom is 0.304 e. The summed E-state index contributed by atoms with van der Waals surface area (Å²) >= 11 is 0. The summed E-state index contributed by atoms with van der Waals surface area (Å²) in [5, 5.41) is 11.9. The van der Waals surface area contributed by atoms with E-state index in [-0.39, 0.29) is 18.5 Å². The number of nitrogens with two attached hydrogens (primary N) is 1. The zero-order valence-corrected chi connectivity index (χ0v) is 10.1. The van der Waals surface area contributed by atoms with Crippen molar-refractivity contribution in [1.29, 1.82) is 0 Å². The summed E-state index contributed by atoms with van der Waals surface area (Å²) in [7, 11) is 3.98. The van der Waals surface area contributed by atoms with Gasteiger partial charge in [0.25, 0.3) is 0 Å². The molecule has 1 aliphatic heterocycles. The van der Waals surface area contributed by atoms with Crippen LogP contribution in [0.1, 0.15) is 19.3 Å². The third kappa shape index (κ3) is 3.73. The molecule has 0 radical (unpaired) electrons. The summed E-state index contributed by atoms with van der Waals surface area (Å²) in [5.41, 5.74) is 5.94. The number of carbonyl (C=O) groups is 1. The van der Waals surface area contributed by atoms with Crippen LogP contribution < -0.4 is 11.1 Å². The Morgan fingerprint density at radius 3 is 2.56 bits per heavy atom. The first-order valence-electron chi connectivity index (χ1n) is 5.87. The average Bonchev–Trinajstić information content (AvgIpc) is 2.21. The summed E-state index contributed by atoms with van der Waals surface area (Å²) in [6.45, 7) is 2.14. The van der Waals surface area contributed by atoms with E-state index in [4.69, 9.17) is 10.8 Å². The van der Waals surface area contributed by atoms with Crippen LogP contribution in [0.25, 0.3) is 0 Å². The predicted octanol–water partition coefficient (Wildman–Crippen LogP) is -0.282. The molecule has 0 aliphatic carbocycles. The molecule has 0 amide bonds. The van der Waals surface area contributed by atoms with Crippen LogP contribution in [0.5, 0.6) is 0 Å². The number of likely N-dealkylation sites (N-methyl/N-ethyl adjacent to an activating group) is 1. The maximum atomic E-state index is 10.6. The molecule has 5 heteroatoms. The van der Waals surface area contributed by atoms with Crippen molar-refractivity contribution < 1.29 is 9.90 Å². The lowest BCUT2D eigenvalue weighted by Gasteiger charge is -2.36. The number of hydrogen-bond acceptors (Lipinski definition) is 4. The van der Waals surface area contributed by atoms with Gasteiger partial charge in [-0.3, -0.25) is 4.79 Å². The Morgan fingerprint density at radius 1 is 1.56 bits per heavy atom. The van der Waals surface area contributed by atoms with E-state index < -0.39 is 5.97 Å². The standard InChI is InChI=1S/C11H23N3O2/c1-13-11(9(12)7-10(15)16)8-3-5-14(2)6-4-8/h8-9,11,13H,3-7,12H2,1-2H3,(H,15,16). The first-order chi connectivity index (χ1) is 7.54. The number of nitrogens with zero attached hydrogens (tertiary/aromatic N) is 1. The van der Waals surface area contributed by atoms with Crippen molar-refractivity contribution in [3.05, 3.63) is 0 Å². The van der Waals surface area contributed by atoms with Crippen molar-refractivity contribution in [3.63, 3.8) is 0 Å². The Bertz CT molecular complexity index is 227. The molecule has 1 saturated heterocycles. The quantitative estimate of drug-likeness (QED) is 0.604. The van der Waals surface area contributed by atoms with Crippen molar-refractivity contribution in [2.45, 2.75) is 31.3 Å². The predicted molar refractivity (Wildman–Crippen MR) is 63.3 cm³/mol. The van der Waals surface area contributed by atoms with Gasteiger partial charge in [0.2, 0.25) is 0 Å². The highest BCUT2D eigenvalue weighted by molar-refractivity contribution is 5.67. The van der Waals surface area contributed by atoms with Gasteiger partial charge in [0.1, 0.15) is 0 Å². The molecule has 1 fully saturated rings. The van der Waals surface area contributed by atoms with E-state index in [2.05, 4.69) is 17.3 Å². The average molecular weight is 229 g/mol. The van der Waals surface area contributed by atoms with Gasteiger partial charge in [0.05, 0.1) is 6.42 Å². The molecule has 2 unspecified atom stereocenters. The van der Waals surface area contributed by atoms with Crippen molar-refractivity contribution in [1.82, 2.24) is 10.2 Å². The number of hydrogen-bond donors (Lipinski definition) is 3. The van der Waals surface area contributed by atoms with Gasteiger partial charge in [0.15, 0.2) is 0 Å². The molecule has 0 bridgehead atoms. The molecular formula is C11H23N3O2. The largest absolute Gasteiger partial charge is 0.481 e. The second-order valence-electron chi connectivity index (χ2n) is 4.72. The van der Waals surface area contributed by atoms with Crippen LogP contribution in [0.3, 0.4) is 0 Å². The summed E-state index contributed by atoms with van der Waals surface area (Å²) < 4.78 is 0. The van der Waals surface area contributed by atoms with Gasteiger partial charge in [-0.05, 0) is 45.9 Å². The number of likely N-dealkylation sites (tertiary alicyclic amines) is 1. The van der Waals surface area contributed by atoms with Crippen molar-refractivity contribution in [3.8, 4) is 0 Å². The molecule has 1 heterocycles. The van der Waals surface area contributed by atoms with Crippen molar-refractivity contribution in [2.24, 2.45) is 11.7 Å². The van der Waals surface area contributed by atoms with Crippen LogP contribution in [0.2, 0.25) is 0 Å². The highest BCUT2D eigenvalue weighted by atomic mass is 16.4. The SMILES string of the molecule is CNC(C(N)CC(=O)O)C1CCN(C)CC1. The Balaban J connectivity index is 2.49. The topological polar surface area (TPSA) is 78.6 Å². The molecule has 2 atom stereocenters. The van der Waals surface area contributed by atoms with Gasteiger partial charge in [-0.1, -0.05) is 0 Å². The molecule has 16 heavy (non-hydrogen) atoms. The van der Waals surface area contributed by atoms with Crippen LogP contribution in [-0.2, 0) is 4.79 Å². The molecule has 5 nitrogen and oxygen atoms in total. The van der Waals surface area contributed by atoms with E-state index in [1.807, 2.05) is 7.05 Å². The minimum Gasteiger partial charge on any atom is -0.481 e. The van der Waals surface area contributed by atoms with Gasteiger partial charge in [-0.15, -0.1) is 0 Å². The molecule has 0 aromatic rings. The summed E-state index contributed by atoms with van der Waals surface area (Å²) in [6, 6.07) is -0.180. The fourth-order valence-corrected chi connectivity index (χ4v) is 2.52. The lowest BCUT2D eigenvalue weighted by Crippen LogP contribution is -2.51. The minimum atomic E-state index is -0.819. The summed E-state index contributed by atoms with van der Waals surface area (Å²) in [4.78, 5) is 12.9. The molecular weight excluding hydrogens is 206 g/mol. The minimum absolute atomic E-state index is 0.0395. The van der Waals surface area contributed by atoms with Gasteiger partial charge in [-0.2, -0.15) is 0 Å². The molecule has 4 N–H and O–H groups in total. The summed E-state index contributed by atoms with van der Waals surface area (Å²) in [6.07, 6.45) is 2.22. The number of carboxylic acid groups (broad SMARTS) is 1. The molecule has 1 rings (SSSR count).